The van der Waals surface area contributed by atoms with Gasteiger partial charge in [-0.15, -0.1) is 0 Å². The molecule has 0 spiro atoms. The van der Waals surface area contributed by atoms with Gasteiger partial charge in [0.25, 0.3) is 5.91 Å². The standard InChI is InChI=1S/C23H17ClN6O2/c1-15(22-27-14-28-30(22)21-8-7-16(12-25)13-26-21)29-23(31)17-9-18(24)11-20(10-17)32-19-5-3-2-4-6-19/h2-11,13-15H,1H3,(H,29,31)/t15-/m0/s1. The van der Waals surface area contributed by atoms with E-state index in [2.05, 4.69) is 20.4 Å². The smallest absolute Gasteiger partial charge is 0.252 e. The molecule has 1 atom stereocenters. The third-order valence-electron chi connectivity index (χ3n) is 4.52. The number of ether oxygens (including phenoxy) is 1. The number of carbonyl (C=O) groups is 1. The summed E-state index contributed by atoms with van der Waals surface area (Å²) >= 11 is 6.21. The molecule has 0 fully saturated rings. The Morgan fingerprint density at radius 2 is 1.94 bits per heavy atom. The SMILES string of the molecule is C[C@H](NC(=O)c1cc(Cl)cc(Oc2ccccc2)c1)c1ncnn1-c1ccc(C#N)cn1. The fourth-order valence-electron chi connectivity index (χ4n) is 3.02. The Labute approximate surface area is 189 Å². The van der Waals surface area contributed by atoms with Crippen molar-refractivity contribution < 1.29 is 9.53 Å². The number of nitrogens with zero attached hydrogens (tertiary/aromatic N) is 5. The van der Waals surface area contributed by atoms with Crippen LogP contribution in [0.2, 0.25) is 5.02 Å². The Morgan fingerprint density at radius 1 is 1.12 bits per heavy atom. The number of hydrogen-bond acceptors (Lipinski definition) is 6. The van der Waals surface area contributed by atoms with Crippen LogP contribution in [0.5, 0.6) is 11.5 Å². The maximum atomic E-state index is 12.9. The van der Waals surface area contributed by atoms with Gasteiger partial charge in [-0.1, -0.05) is 29.8 Å². The summed E-state index contributed by atoms with van der Waals surface area (Å²) in [6, 6.07) is 18.9. The Hall–Kier alpha value is -4.22. The quantitative estimate of drug-likeness (QED) is 0.470. The number of nitriles is 1. The summed E-state index contributed by atoms with van der Waals surface area (Å²) in [5.74, 6) is 1.71. The topological polar surface area (TPSA) is 106 Å². The van der Waals surface area contributed by atoms with Crippen molar-refractivity contribution in [1.82, 2.24) is 25.1 Å². The van der Waals surface area contributed by atoms with E-state index in [1.54, 1.807) is 37.3 Å². The molecule has 158 valence electrons. The van der Waals surface area contributed by atoms with Crippen molar-refractivity contribution in [3.8, 4) is 23.4 Å². The van der Waals surface area contributed by atoms with E-state index in [4.69, 9.17) is 21.6 Å². The van der Waals surface area contributed by atoms with Crippen LogP contribution in [-0.2, 0) is 0 Å². The van der Waals surface area contributed by atoms with E-state index in [0.29, 0.717) is 39.3 Å². The van der Waals surface area contributed by atoms with Crippen LogP contribution in [-0.4, -0.2) is 25.7 Å². The predicted octanol–water partition coefficient (Wildman–Crippen LogP) is 4.47. The van der Waals surface area contributed by atoms with E-state index in [0.717, 1.165) is 0 Å². The van der Waals surface area contributed by atoms with E-state index < -0.39 is 6.04 Å². The van der Waals surface area contributed by atoms with E-state index >= 15 is 0 Å². The van der Waals surface area contributed by atoms with E-state index in [1.807, 2.05) is 36.4 Å². The minimum Gasteiger partial charge on any atom is -0.457 e. The second kappa shape index (κ2) is 9.29. The summed E-state index contributed by atoms with van der Waals surface area (Å²) < 4.78 is 7.31. The lowest BCUT2D eigenvalue weighted by molar-refractivity contribution is 0.0937. The molecule has 9 heteroatoms. The van der Waals surface area contributed by atoms with Gasteiger partial charge in [0.15, 0.2) is 11.6 Å². The molecule has 32 heavy (non-hydrogen) atoms. The van der Waals surface area contributed by atoms with Gasteiger partial charge in [0, 0.05) is 16.8 Å². The van der Waals surface area contributed by atoms with Crippen LogP contribution >= 0.6 is 11.6 Å². The first-order valence-corrected chi connectivity index (χ1v) is 10.0. The summed E-state index contributed by atoms with van der Waals surface area (Å²) in [5, 5.41) is 16.4. The predicted molar refractivity (Wildman–Crippen MR) is 118 cm³/mol. The Kier molecular flexibility index (Phi) is 6.10. The highest BCUT2D eigenvalue weighted by Crippen LogP contribution is 2.26. The highest BCUT2D eigenvalue weighted by molar-refractivity contribution is 6.31. The highest BCUT2D eigenvalue weighted by Gasteiger charge is 2.19. The molecule has 0 bridgehead atoms. The largest absolute Gasteiger partial charge is 0.457 e. The van der Waals surface area contributed by atoms with Gasteiger partial charge in [-0.05, 0) is 49.4 Å². The number of benzene rings is 2. The fraction of sp³-hybridized carbons (Fsp3) is 0.0870. The van der Waals surface area contributed by atoms with Crippen LogP contribution in [0.15, 0.2) is 73.2 Å². The second-order valence-electron chi connectivity index (χ2n) is 6.83. The van der Waals surface area contributed by atoms with Gasteiger partial charge in [-0.2, -0.15) is 15.0 Å². The molecule has 4 rings (SSSR count). The van der Waals surface area contributed by atoms with Crippen molar-refractivity contribution in [3.63, 3.8) is 0 Å². The number of aromatic nitrogens is 4. The summed E-state index contributed by atoms with van der Waals surface area (Å²) in [6.07, 6.45) is 2.83. The molecule has 0 radical (unpaired) electrons. The van der Waals surface area contributed by atoms with Crippen LogP contribution in [0.25, 0.3) is 5.82 Å². The lowest BCUT2D eigenvalue weighted by Crippen LogP contribution is -2.28. The zero-order valence-corrected chi connectivity index (χ0v) is 17.7. The van der Waals surface area contributed by atoms with Crippen LogP contribution in [0, 0.1) is 11.3 Å². The third kappa shape index (κ3) is 4.74. The van der Waals surface area contributed by atoms with Gasteiger partial charge in [-0.25, -0.2) is 9.97 Å². The maximum Gasteiger partial charge on any atom is 0.252 e. The highest BCUT2D eigenvalue weighted by atomic mass is 35.5. The molecule has 2 heterocycles. The van der Waals surface area contributed by atoms with Crippen LogP contribution in [0.4, 0.5) is 0 Å². The fourth-order valence-corrected chi connectivity index (χ4v) is 3.25. The van der Waals surface area contributed by atoms with E-state index in [-0.39, 0.29) is 5.91 Å². The normalized spacial score (nSPS) is 11.4. The van der Waals surface area contributed by atoms with Gasteiger partial charge in [-0.3, -0.25) is 4.79 Å². The number of amides is 1. The summed E-state index contributed by atoms with van der Waals surface area (Å²) in [5.41, 5.74) is 0.782. The zero-order chi connectivity index (χ0) is 22.5. The molecular weight excluding hydrogens is 428 g/mol. The van der Waals surface area contributed by atoms with Gasteiger partial charge >= 0.3 is 0 Å². The third-order valence-corrected chi connectivity index (χ3v) is 4.73. The summed E-state index contributed by atoms with van der Waals surface area (Å²) in [7, 11) is 0. The molecule has 0 aliphatic heterocycles. The minimum absolute atomic E-state index is 0.345. The molecule has 2 aromatic heterocycles. The summed E-state index contributed by atoms with van der Waals surface area (Å²) in [6.45, 7) is 1.79. The number of para-hydroxylation sites is 1. The lowest BCUT2D eigenvalue weighted by Gasteiger charge is -2.15. The summed E-state index contributed by atoms with van der Waals surface area (Å²) in [4.78, 5) is 21.4. The molecule has 8 nitrogen and oxygen atoms in total. The molecule has 2 aromatic carbocycles. The number of hydrogen-bond donors (Lipinski definition) is 1. The molecule has 0 aliphatic rings. The van der Waals surface area contributed by atoms with Crippen LogP contribution < -0.4 is 10.1 Å². The number of halogens is 1. The lowest BCUT2D eigenvalue weighted by atomic mass is 10.2. The molecule has 1 amide bonds. The van der Waals surface area contributed by atoms with Gasteiger partial charge in [0.2, 0.25) is 0 Å². The van der Waals surface area contributed by atoms with Crippen molar-refractivity contribution in [2.75, 3.05) is 0 Å². The number of nitrogens with one attached hydrogen (secondary N) is 1. The monoisotopic (exact) mass is 444 g/mol. The Balaban J connectivity index is 1.52. The first-order valence-electron chi connectivity index (χ1n) is 9.64. The number of rotatable bonds is 6. The zero-order valence-electron chi connectivity index (χ0n) is 16.9. The molecule has 1 N–H and O–H groups in total. The molecular formula is C23H17ClN6O2. The van der Waals surface area contributed by atoms with Crippen LogP contribution in [0.1, 0.15) is 34.7 Å². The first-order chi connectivity index (χ1) is 15.5. The molecule has 0 unspecified atom stereocenters. The van der Waals surface area contributed by atoms with Crippen molar-refractivity contribution in [1.29, 1.82) is 5.26 Å². The first kappa shape index (κ1) is 21.0. The molecule has 0 saturated carbocycles. The van der Waals surface area contributed by atoms with Crippen molar-refractivity contribution >= 4 is 17.5 Å². The van der Waals surface area contributed by atoms with Gasteiger partial charge in [0.1, 0.15) is 23.9 Å². The Bertz CT molecular complexity index is 1280. The second-order valence-corrected chi connectivity index (χ2v) is 7.27. The van der Waals surface area contributed by atoms with E-state index in [1.165, 1.54) is 17.2 Å². The Morgan fingerprint density at radius 3 is 2.66 bits per heavy atom. The van der Waals surface area contributed by atoms with Gasteiger partial charge < -0.3 is 10.1 Å². The van der Waals surface area contributed by atoms with Crippen molar-refractivity contribution in [2.24, 2.45) is 0 Å². The molecule has 4 aromatic rings. The number of pyridine rings is 1. The van der Waals surface area contributed by atoms with Crippen molar-refractivity contribution in [2.45, 2.75) is 13.0 Å². The van der Waals surface area contributed by atoms with Gasteiger partial charge in [0.05, 0.1) is 11.6 Å². The van der Waals surface area contributed by atoms with E-state index in [9.17, 15) is 4.79 Å². The van der Waals surface area contributed by atoms with Crippen LogP contribution in [0.3, 0.4) is 0 Å². The maximum absolute atomic E-state index is 12.9. The van der Waals surface area contributed by atoms with Crippen molar-refractivity contribution in [3.05, 3.63) is 95.2 Å². The number of carbonyl (C=O) groups excluding carboxylic acids is 1. The minimum atomic E-state index is -0.486. The molecule has 0 saturated heterocycles. The average Bonchev–Trinajstić information content (AvgIpc) is 3.29. The molecule has 0 aliphatic carbocycles. The average molecular weight is 445 g/mol.